The van der Waals surface area contributed by atoms with Crippen molar-refractivity contribution in [1.82, 2.24) is 9.47 Å². The van der Waals surface area contributed by atoms with E-state index in [9.17, 15) is 4.79 Å². The standard InChI is InChI=1S/C15H18N2O2/c1-16-7-11-5-13-10(3-4-15(18)19)9-17(2)14(13)6-12(11)8-16/h5-6,9H,3-4,7-8H2,1-2H3,(H,18,19). The van der Waals surface area contributed by atoms with Gasteiger partial charge < -0.3 is 9.67 Å². The molecule has 1 aromatic heterocycles. The van der Waals surface area contributed by atoms with Crippen LogP contribution >= 0.6 is 0 Å². The fourth-order valence-electron chi connectivity index (χ4n) is 2.97. The summed E-state index contributed by atoms with van der Waals surface area (Å²) < 4.78 is 2.10. The lowest BCUT2D eigenvalue weighted by molar-refractivity contribution is -0.136. The molecule has 0 unspecified atom stereocenters. The Morgan fingerprint density at radius 1 is 1.26 bits per heavy atom. The van der Waals surface area contributed by atoms with Crippen molar-refractivity contribution in [3.05, 3.63) is 35.0 Å². The molecule has 2 heterocycles. The number of fused-ring (bicyclic) bond motifs is 2. The summed E-state index contributed by atoms with van der Waals surface area (Å²) in [5.74, 6) is -0.738. The number of carbonyl (C=O) groups is 1. The van der Waals surface area contributed by atoms with E-state index in [4.69, 9.17) is 5.11 Å². The zero-order chi connectivity index (χ0) is 13.6. The minimum Gasteiger partial charge on any atom is -0.481 e. The molecular formula is C15H18N2O2. The summed E-state index contributed by atoms with van der Waals surface area (Å²) in [5, 5.41) is 10.0. The van der Waals surface area contributed by atoms with E-state index in [1.807, 2.05) is 7.05 Å². The number of hydrogen-bond acceptors (Lipinski definition) is 2. The second-order valence-corrected chi connectivity index (χ2v) is 5.47. The molecule has 0 spiro atoms. The van der Waals surface area contributed by atoms with Crippen molar-refractivity contribution >= 4 is 16.9 Å². The number of rotatable bonds is 3. The maximum atomic E-state index is 10.7. The SMILES string of the molecule is CN1Cc2cc3c(CCC(=O)O)cn(C)c3cc2C1. The molecule has 1 N–H and O–H groups in total. The van der Waals surface area contributed by atoms with Crippen molar-refractivity contribution < 1.29 is 9.90 Å². The summed E-state index contributed by atoms with van der Waals surface area (Å²) in [5.41, 5.74) is 5.10. The first-order valence-electron chi connectivity index (χ1n) is 6.54. The second kappa shape index (κ2) is 4.38. The smallest absolute Gasteiger partial charge is 0.303 e. The Bertz CT molecular complexity index is 658. The number of aliphatic carboxylic acids is 1. The maximum Gasteiger partial charge on any atom is 0.303 e. The van der Waals surface area contributed by atoms with Crippen molar-refractivity contribution in [2.45, 2.75) is 25.9 Å². The number of carboxylic acid groups (broad SMARTS) is 1. The predicted octanol–water partition coefficient (Wildman–Crippen LogP) is 2.14. The average molecular weight is 258 g/mol. The van der Waals surface area contributed by atoms with Gasteiger partial charge in [-0.15, -0.1) is 0 Å². The van der Waals surface area contributed by atoms with E-state index in [0.717, 1.165) is 18.7 Å². The first-order valence-corrected chi connectivity index (χ1v) is 6.54. The molecule has 4 heteroatoms. The van der Waals surface area contributed by atoms with Crippen LogP contribution in [0.1, 0.15) is 23.1 Å². The molecule has 2 aromatic rings. The molecule has 0 aliphatic carbocycles. The molecule has 0 radical (unpaired) electrons. The van der Waals surface area contributed by atoms with E-state index in [-0.39, 0.29) is 6.42 Å². The Kier molecular flexibility index (Phi) is 2.82. The molecule has 4 nitrogen and oxygen atoms in total. The summed E-state index contributed by atoms with van der Waals surface area (Å²) in [7, 11) is 4.15. The van der Waals surface area contributed by atoms with Gasteiger partial charge in [0.15, 0.2) is 0 Å². The van der Waals surface area contributed by atoms with E-state index in [0.29, 0.717) is 6.42 Å². The third-order valence-corrected chi connectivity index (χ3v) is 3.88. The van der Waals surface area contributed by atoms with Gasteiger partial charge in [0, 0.05) is 43.7 Å². The van der Waals surface area contributed by atoms with E-state index < -0.39 is 5.97 Å². The van der Waals surface area contributed by atoms with Crippen molar-refractivity contribution in [3.8, 4) is 0 Å². The van der Waals surface area contributed by atoms with Gasteiger partial charge in [0.05, 0.1) is 0 Å². The largest absolute Gasteiger partial charge is 0.481 e. The molecule has 0 saturated carbocycles. The number of aromatic nitrogens is 1. The summed E-state index contributed by atoms with van der Waals surface area (Å²) >= 11 is 0. The van der Waals surface area contributed by atoms with Gasteiger partial charge in [0.1, 0.15) is 0 Å². The highest BCUT2D eigenvalue weighted by Crippen LogP contribution is 2.30. The molecule has 1 aliphatic heterocycles. The van der Waals surface area contributed by atoms with Gasteiger partial charge in [-0.25, -0.2) is 0 Å². The molecule has 0 saturated heterocycles. The fraction of sp³-hybridized carbons (Fsp3) is 0.400. The number of aryl methyl sites for hydroxylation is 2. The molecule has 0 fully saturated rings. The molecule has 0 amide bonds. The van der Waals surface area contributed by atoms with Gasteiger partial charge in [0.2, 0.25) is 0 Å². The first-order chi connectivity index (χ1) is 9.04. The monoisotopic (exact) mass is 258 g/mol. The summed E-state index contributed by atoms with van der Waals surface area (Å²) in [4.78, 5) is 13.0. The molecule has 3 rings (SSSR count). The van der Waals surface area contributed by atoms with Crippen LogP contribution < -0.4 is 0 Å². The summed E-state index contributed by atoms with van der Waals surface area (Å²) in [6.07, 6.45) is 2.85. The lowest BCUT2D eigenvalue weighted by Crippen LogP contribution is -2.07. The van der Waals surface area contributed by atoms with E-state index in [2.05, 4.69) is 34.8 Å². The van der Waals surface area contributed by atoms with Crippen LogP contribution in [0.5, 0.6) is 0 Å². The van der Waals surface area contributed by atoms with Crippen LogP contribution in [0.4, 0.5) is 0 Å². The minimum atomic E-state index is -0.738. The molecular weight excluding hydrogens is 240 g/mol. The number of hydrogen-bond donors (Lipinski definition) is 1. The highest BCUT2D eigenvalue weighted by molar-refractivity contribution is 5.86. The van der Waals surface area contributed by atoms with Crippen molar-refractivity contribution in [3.63, 3.8) is 0 Å². The van der Waals surface area contributed by atoms with Crippen LogP contribution in [-0.2, 0) is 31.4 Å². The van der Waals surface area contributed by atoms with Crippen LogP contribution in [0.3, 0.4) is 0 Å². The third kappa shape index (κ3) is 2.12. The summed E-state index contributed by atoms with van der Waals surface area (Å²) in [6, 6.07) is 4.49. The topological polar surface area (TPSA) is 45.5 Å². The van der Waals surface area contributed by atoms with Crippen molar-refractivity contribution in [1.29, 1.82) is 0 Å². The Hall–Kier alpha value is -1.81. The lowest BCUT2D eigenvalue weighted by atomic mass is 10.0. The zero-order valence-corrected chi connectivity index (χ0v) is 11.3. The van der Waals surface area contributed by atoms with Crippen molar-refractivity contribution in [2.75, 3.05) is 7.05 Å². The first kappa shape index (κ1) is 12.2. The minimum absolute atomic E-state index is 0.191. The van der Waals surface area contributed by atoms with Gasteiger partial charge >= 0.3 is 5.97 Å². The van der Waals surface area contributed by atoms with Crippen LogP contribution in [0.15, 0.2) is 18.3 Å². The molecule has 100 valence electrons. The lowest BCUT2D eigenvalue weighted by Gasteiger charge is -2.02. The van der Waals surface area contributed by atoms with Crippen LogP contribution in [0.2, 0.25) is 0 Å². The van der Waals surface area contributed by atoms with E-state index in [1.54, 1.807) is 0 Å². The van der Waals surface area contributed by atoms with Crippen LogP contribution in [0, 0.1) is 0 Å². The zero-order valence-electron chi connectivity index (χ0n) is 11.3. The van der Waals surface area contributed by atoms with Gasteiger partial charge in [-0.1, -0.05) is 0 Å². The molecule has 0 bridgehead atoms. The van der Waals surface area contributed by atoms with Gasteiger partial charge in [-0.2, -0.15) is 0 Å². The number of nitrogens with zero attached hydrogens (tertiary/aromatic N) is 2. The Balaban J connectivity index is 2.05. The quantitative estimate of drug-likeness (QED) is 0.917. The Morgan fingerprint density at radius 3 is 2.63 bits per heavy atom. The highest BCUT2D eigenvalue weighted by Gasteiger charge is 2.18. The van der Waals surface area contributed by atoms with E-state index >= 15 is 0 Å². The van der Waals surface area contributed by atoms with Crippen molar-refractivity contribution in [2.24, 2.45) is 7.05 Å². The second-order valence-electron chi connectivity index (χ2n) is 5.47. The molecule has 0 atom stereocenters. The van der Waals surface area contributed by atoms with E-state index in [1.165, 1.54) is 22.0 Å². The predicted molar refractivity (Wildman–Crippen MR) is 74.0 cm³/mol. The molecule has 1 aliphatic rings. The summed E-state index contributed by atoms with van der Waals surface area (Å²) in [6.45, 7) is 1.99. The number of benzene rings is 1. The van der Waals surface area contributed by atoms with Gasteiger partial charge in [0.25, 0.3) is 0 Å². The normalized spacial score (nSPS) is 15.1. The van der Waals surface area contributed by atoms with Gasteiger partial charge in [-0.3, -0.25) is 9.69 Å². The molecule has 1 aromatic carbocycles. The van der Waals surface area contributed by atoms with Crippen LogP contribution in [0.25, 0.3) is 10.9 Å². The number of carboxylic acids is 1. The fourth-order valence-corrected chi connectivity index (χ4v) is 2.97. The third-order valence-electron chi connectivity index (χ3n) is 3.88. The van der Waals surface area contributed by atoms with Gasteiger partial charge in [-0.05, 0) is 42.3 Å². The van der Waals surface area contributed by atoms with Crippen LogP contribution in [-0.4, -0.2) is 27.6 Å². The molecule has 19 heavy (non-hydrogen) atoms. The average Bonchev–Trinajstić information content (AvgIpc) is 2.84. The Morgan fingerprint density at radius 2 is 1.95 bits per heavy atom. The highest BCUT2D eigenvalue weighted by atomic mass is 16.4. The Labute approximate surface area is 112 Å². The maximum absolute atomic E-state index is 10.7.